The Bertz CT molecular complexity index is 1160. The van der Waals surface area contributed by atoms with Crippen molar-refractivity contribution >= 4 is 69.2 Å². The minimum Gasteiger partial charge on any atom is -0.494 e. The van der Waals surface area contributed by atoms with Gasteiger partial charge in [-0.15, -0.1) is 0 Å². The van der Waals surface area contributed by atoms with Crippen LogP contribution in [-0.2, 0) is 4.79 Å². The fraction of sp³-hybridized carbons (Fsp3) is 0.0909. The Morgan fingerprint density at radius 1 is 1.13 bits per heavy atom. The van der Waals surface area contributed by atoms with Crippen molar-refractivity contribution in [3.05, 3.63) is 75.3 Å². The van der Waals surface area contributed by atoms with E-state index in [9.17, 15) is 4.79 Å². The number of thioether (sulfide) groups is 1. The first-order chi connectivity index (χ1) is 14.5. The van der Waals surface area contributed by atoms with Crippen molar-refractivity contribution in [2.75, 3.05) is 11.5 Å². The van der Waals surface area contributed by atoms with Crippen LogP contribution in [0.1, 0.15) is 12.7 Å². The second-order valence-corrected chi connectivity index (χ2v) is 8.71. The summed E-state index contributed by atoms with van der Waals surface area (Å²) in [7, 11) is 0. The number of carbonyl (C=O) groups excluding carboxylic acids is 1. The van der Waals surface area contributed by atoms with Gasteiger partial charge in [-0.25, -0.2) is 0 Å². The number of thiocarbonyl (C=S) groups is 1. The Hall–Kier alpha value is -2.25. The molecule has 4 rings (SSSR count). The van der Waals surface area contributed by atoms with Crippen molar-refractivity contribution in [2.24, 2.45) is 0 Å². The number of amides is 1. The molecule has 0 saturated carbocycles. The Morgan fingerprint density at radius 3 is 2.63 bits per heavy atom. The molecule has 3 aromatic rings. The summed E-state index contributed by atoms with van der Waals surface area (Å²) >= 11 is 19.0. The molecule has 1 amide bonds. The SMILES string of the molecule is CCOc1ccc(N2C(=O)/C(=C\c3ccc(-c4cccc(Cl)c4Cl)o3)SC2=S)cc1. The molecule has 1 aliphatic heterocycles. The molecule has 1 fully saturated rings. The third-order valence-electron chi connectivity index (χ3n) is 4.32. The van der Waals surface area contributed by atoms with E-state index in [4.69, 9.17) is 44.6 Å². The van der Waals surface area contributed by atoms with E-state index >= 15 is 0 Å². The Labute approximate surface area is 193 Å². The van der Waals surface area contributed by atoms with E-state index in [-0.39, 0.29) is 5.91 Å². The van der Waals surface area contributed by atoms with E-state index in [1.807, 2.05) is 37.3 Å². The third-order valence-corrected chi connectivity index (χ3v) is 6.44. The lowest BCUT2D eigenvalue weighted by Gasteiger charge is -2.15. The highest BCUT2D eigenvalue weighted by molar-refractivity contribution is 8.27. The van der Waals surface area contributed by atoms with E-state index in [0.29, 0.717) is 48.6 Å². The minimum absolute atomic E-state index is 0.201. The lowest BCUT2D eigenvalue weighted by atomic mass is 10.2. The van der Waals surface area contributed by atoms with Crippen LogP contribution in [0.2, 0.25) is 10.0 Å². The summed E-state index contributed by atoms with van der Waals surface area (Å²) in [5, 5.41) is 0.866. The lowest BCUT2D eigenvalue weighted by Crippen LogP contribution is -2.27. The average Bonchev–Trinajstić information content (AvgIpc) is 3.30. The first-order valence-corrected chi connectivity index (χ1v) is 11.0. The van der Waals surface area contributed by atoms with Crippen LogP contribution in [0.25, 0.3) is 17.4 Å². The van der Waals surface area contributed by atoms with Crippen LogP contribution in [0.15, 0.2) is 63.9 Å². The van der Waals surface area contributed by atoms with Crippen molar-refractivity contribution in [3.63, 3.8) is 0 Å². The molecule has 2 heterocycles. The summed E-state index contributed by atoms with van der Waals surface area (Å²) in [5.41, 5.74) is 1.38. The lowest BCUT2D eigenvalue weighted by molar-refractivity contribution is -0.113. The molecule has 0 bridgehead atoms. The summed E-state index contributed by atoms with van der Waals surface area (Å²) in [6, 6.07) is 16.1. The highest BCUT2D eigenvalue weighted by Gasteiger charge is 2.33. The van der Waals surface area contributed by atoms with Crippen LogP contribution < -0.4 is 9.64 Å². The highest BCUT2D eigenvalue weighted by Crippen LogP contribution is 2.38. The number of hydrogen-bond donors (Lipinski definition) is 0. The Morgan fingerprint density at radius 2 is 1.90 bits per heavy atom. The highest BCUT2D eigenvalue weighted by atomic mass is 35.5. The van der Waals surface area contributed by atoms with Crippen molar-refractivity contribution in [2.45, 2.75) is 6.92 Å². The molecule has 0 atom stereocenters. The first kappa shape index (κ1) is 21.0. The van der Waals surface area contributed by atoms with E-state index < -0.39 is 0 Å². The van der Waals surface area contributed by atoms with Gasteiger partial charge < -0.3 is 9.15 Å². The monoisotopic (exact) mass is 475 g/mol. The maximum absolute atomic E-state index is 12.9. The van der Waals surface area contributed by atoms with Gasteiger partial charge in [0.25, 0.3) is 5.91 Å². The number of carbonyl (C=O) groups is 1. The van der Waals surface area contributed by atoms with Gasteiger partial charge in [0.05, 0.1) is 27.2 Å². The summed E-state index contributed by atoms with van der Waals surface area (Å²) in [5.74, 6) is 1.63. The average molecular weight is 476 g/mol. The molecule has 152 valence electrons. The van der Waals surface area contributed by atoms with Gasteiger partial charge in [0.2, 0.25) is 0 Å². The van der Waals surface area contributed by atoms with Gasteiger partial charge in [-0.05, 0) is 55.5 Å². The number of anilines is 1. The van der Waals surface area contributed by atoms with Gasteiger partial charge >= 0.3 is 0 Å². The molecule has 0 N–H and O–H groups in total. The van der Waals surface area contributed by atoms with E-state index in [1.165, 1.54) is 16.7 Å². The van der Waals surface area contributed by atoms with Crippen molar-refractivity contribution in [3.8, 4) is 17.1 Å². The number of hydrogen-bond acceptors (Lipinski definition) is 5. The fourth-order valence-corrected chi connectivity index (χ4v) is 4.62. The smallest absolute Gasteiger partial charge is 0.270 e. The van der Waals surface area contributed by atoms with Crippen LogP contribution >= 0.6 is 47.2 Å². The quantitative estimate of drug-likeness (QED) is 0.291. The molecule has 8 heteroatoms. The van der Waals surface area contributed by atoms with Gasteiger partial charge in [0.15, 0.2) is 4.32 Å². The number of furan rings is 1. The zero-order valence-corrected chi connectivity index (χ0v) is 18.9. The molecule has 1 aromatic heterocycles. The van der Waals surface area contributed by atoms with Crippen molar-refractivity contribution in [1.82, 2.24) is 0 Å². The number of halogens is 2. The van der Waals surface area contributed by atoms with Crippen LogP contribution in [0, 0.1) is 0 Å². The molecule has 0 unspecified atom stereocenters. The van der Waals surface area contributed by atoms with Crippen LogP contribution in [0.4, 0.5) is 5.69 Å². The first-order valence-electron chi connectivity index (χ1n) is 9.03. The molecule has 30 heavy (non-hydrogen) atoms. The number of ether oxygens (including phenoxy) is 1. The van der Waals surface area contributed by atoms with E-state index in [2.05, 4.69) is 0 Å². The van der Waals surface area contributed by atoms with Crippen molar-refractivity contribution in [1.29, 1.82) is 0 Å². The maximum Gasteiger partial charge on any atom is 0.270 e. The van der Waals surface area contributed by atoms with Gasteiger partial charge in [-0.1, -0.05) is 53.2 Å². The molecule has 0 aliphatic carbocycles. The Balaban J connectivity index is 1.58. The third kappa shape index (κ3) is 4.14. The zero-order valence-electron chi connectivity index (χ0n) is 15.7. The van der Waals surface area contributed by atoms with Gasteiger partial charge in [-0.3, -0.25) is 9.69 Å². The van der Waals surface area contributed by atoms with Gasteiger partial charge in [0.1, 0.15) is 17.3 Å². The van der Waals surface area contributed by atoms with Gasteiger partial charge in [-0.2, -0.15) is 0 Å². The summed E-state index contributed by atoms with van der Waals surface area (Å²) in [6.45, 7) is 2.50. The minimum atomic E-state index is -0.201. The molecule has 1 saturated heterocycles. The van der Waals surface area contributed by atoms with Crippen molar-refractivity contribution < 1.29 is 13.9 Å². The predicted octanol–water partition coefficient (Wildman–Crippen LogP) is 7.06. The zero-order chi connectivity index (χ0) is 21.3. The molecule has 0 radical (unpaired) electrons. The topological polar surface area (TPSA) is 42.7 Å². The molecule has 2 aromatic carbocycles. The molecular weight excluding hydrogens is 461 g/mol. The van der Waals surface area contributed by atoms with Crippen LogP contribution in [-0.4, -0.2) is 16.8 Å². The van der Waals surface area contributed by atoms with E-state index in [0.717, 1.165) is 5.75 Å². The maximum atomic E-state index is 12.9. The van der Waals surface area contributed by atoms with Crippen LogP contribution in [0.5, 0.6) is 5.75 Å². The fourth-order valence-electron chi connectivity index (χ4n) is 2.95. The van der Waals surface area contributed by atoms with Crippen LogP contribution in [0.3, 0.4) is 0 Å². The number of benzene rings is 2. The largest absolute Gasteiger partial charge is 0.494 e. The summed E-state index contributed by atoms with van der Waals surface area (Å²) < 4.78 is 11.8. The Kier molecular flexibility index (Phi) is 6.20. The molecule has 4 nitrogen and oxygen atoms in total. The number of nitrogens with zero attached hydrogens (tertiary/aromatic N) is 1. The number of rotatable bonds is 5. The second kappa shape index (κ2) is 8.86. The van der Waals surface area contributed by atoms with Gasteiger partial charge in [0, 0.05) is 11.6 Å². The standard InChI is InChI=1S/C22H15Cl2NO3S2/c1-2-27-14-8-6-13(7-9-14)25-21(26)19(30-22(25)29)12-15-10-11-18(28-15)16-4-3-5-17(23)20(16)24/h3-12H,2H2,1H3/b19-12+. The van der Waals surface area contributed by atoms with E-state index in [1.54, 1.807) is 30.3 Å². The second-order valence-electron chi connectivity index (χ2n) is 6.25. The normalized spacial score (nSPS) is 15.3. The summed E-state index contributed by atoms with van der Waals surface area (Å²) in [6.07, 6.45) is 1.68. The molecule has 0 spiro atoms. The summed E-state index contributed by atoms with van der Waals surface area (Å²) in [4.78, 5) is 14.9. The molecular formula is C22H15Cl2NO3S2. The predicted molar refractivity (Wildman–Crippen MR) is 127 cm³/mol. The molecule has 1 aliphatic rings.